The molecule has 0 bridgehead atoms. The molecule has 142 valence electrons. The van der Waals surface area contributed by atoms with Gasteiger partial charge in [-0.05, 0) is 31.4 Å². The van der Waals surface area contributed by atoms with Crippen molar-refractivity contribution in [1.82, 2.24) is 10.3 Å². The van der Waals surface area contributed by atoms with Gasteiger partial charge in [-0.1, -0.05) is 29.8 Å². The fraction of sp³-hybridized carbons (Fsp3) is 0.333. The summed E-state index contributed by atoms with van der Waals surface area (Å²) in [4.78, 5) is 28.7. The number of halogens is 1. The molecule has 1 unspecified atom stereocenters. The number of piperidine rings is 1. The van der Waals surface area contributed by atoms with Gasteiger partial charge in [-0.3, -0.25) is 10.1 Å². The van der Waals surface area contributed by atoms with Crippen LogP contribution >= 0.6 is 11.6 Å². The van der Waals surface area contributed by atoms with Crippen molar-refractivity contribution in [2.75, 3.05) is 23.3 Å². The molecule has 1 fully saturated rings. The maximum Gasteiger partial charge on any atom is 0.319 e. The zero-order valence-electron chi connectivity index (χ0n) is 14.6. The van der Waals surface area contributed by atoms with Crippen LogP contribution in [-0.2, 0) is 0 Å². The van der Waals surface area contributed by atoms with Crippen LogP contribution in [0.5, 0.6) is 0 Å². The topological polar surface area (TPSA) is 100 Å². The summed E-state index contributed by atoms with van der Waals surface area (Å²) in [6.45, 7) is 1.16. The van der Waals surface area contributed by atoms with E-state index in [9.17, 15) is 14.9 Å². The summed E-state index contributed by atoms with van der Waals surface area (Å²) in [6, 6.07) is 10.2. The number of carbonyl (C=O) groups excluding carboxylic acids is 1. The first kappa shape index (κ1) is 18.9. The fourth-order valence-corrected chi connectivity index (χ4v) is 3.40. The normalized spacial score (nSPS) is 16.6. The van der Waals surface area contributed by atoms with Gasteiger partial charge in [-0.15, -0.1) is 0 Å². The lowest BCUT2D eigenvalue weighted by Gasteiger charge is -2.37. The van der Waals surface area contributed by atoms with Crippen molar-refractivity contribution in [3.8, 4) is 0 Å². The largest absolute Gasteiger partial charge is 0.351 e. The number of hydrogen-bond donors (Lipinski definition) is 2. The van der Waals surface area contributed by atoms with Crippen LogP contribution in [0.1, 0.15) is 19.3 Å². The SMILES string of the molecule is O=C(NCC1CCCCN1c1ncc([N+](=O)[O-])cc1Cl)Nc1ccccc1. The summed E-state index contributed by atoms with van der Waals surface area (Å²) in [5, 5.41) is 16.8. The second-order valence-electron chi connectivity index (χ2n) is 6.30. The molecule has 1 aromatic heterocycles. The van der Waals surface area contributed by atoms with E-state index < -0.39 is 4.92 Å². The highest BCUT2D eigenvalue weighted by Gasteiger charge is 2.26. The van der Waals surface area contributed by atoms with Crippen LogP contribution in [0.2, 0.25) is 5.02 Å². The third-order valence-electron chi connectivity index (χ3n) is 4.45. The Morgan fingerprint density at radius 2 is 2.11 bits per heavy atom. The standard InChI is InChI=1S/C18H20ClN5O3/c19-16-10-15(24(26)27)12-20-17(16)23-9-5-4-8-14(23)11-21-18(25)22-13-6-2-1-3-7-13/h1-3,6-7,10,12,14H,4-5,8-9,11H2,(H2,21,22,25). The molecule has 0 aliphatic carbocycles. The minimum atomic E-state index is -0.522. The van der Waals surface area contributed by atoms with E-state index in [1.807, 2.05) is 35.2 Å². The molecule has 1 aromatic carbocycles. The molecule has 2 N–H and O–H groups in total. The van der Waals surface area contributed by atoms with Gasteiger partial charge >= 0.3 is 6.03 Å². The Morgan fingerprint density at radius 1 is 1.33 bits per heavy atom. The molecule has 2 heterocycles. The minimum absolute atomic E-state index is 0.0201. The average molecular weight is 390 g/mol. The van der Waals surface area contributed by atoms with E-state index >= 15 is 0 Å². The van der Waals surface area contributed by atoms with Gasteiger partial charge in [0.1, 0.15) is 12.0 Å². The number of carbonyl (C=O) groups is 1. The average Bonchev–Trinajstić information content (AvgIpc) is 2.67. The molecular weight excluding hydrogens is 370 g/mol. The van der Waals surface area contributed by atoms with Crippen molar-refractivity contribution in [2.45, 2.75) is 25.3 Å². The number of hydrogen-bond acceptors (Lipinski definition) is 5. The predicted octanol–water partition coefficient (Wildman–Crippen LogP) is 3.82. The van der Waals surface area contributed by atoms with Crippen molar-refractivity contribution in [2.24, 2.45) is 0 Å². The summed E-state index contributed by atoms with van der Waals surface area (Å²) in [6.07, 6.45) is 4.10. The van der Waals surface area contributed by atoms with Crippen molar-refractivity contribution >= 4 is 34.8 Å². The number of urea groups is 1. The molecule has 3 rings (SSSR count). The minimum Gasteiger partial charge on any atom is -0.351 e. The number of para-hydroxylation sites is 1. The molecule has 27 heavy (non-hydrogen) atoms. The summed E-state index contributed by atoms with van der Waals surface area (Å²) in [5.74, 6) is 0.511. The second kappa shape index (κ2) is 8.68. The van der Waals surface area contributed by atoms with E-state index in [4.69, 9.17) is 11.6 Å². The Kier molecular flexibility index (Phi) is 6.08. The van der Waals surface area contributed by atoms with E-state index in [1.54, 1.807) is 0 Å². The van der Waals surface area contributed by atoms with E-state index in [0.29, 0.717) is 12.4 Å². The zero-order valence-corrected chi connectivity index (χ0v) is 15.4. The molecule has 0 spiro atoms. The van der Waals surface area contributed by atoms with Crippen LogP contribution in [0.25, 0.3) is 0 Å². The zero-order chi connectivity index (χ0) is 19.2. The molecule has 2 aromatic rings. The van der Waals surface area contributed by atoms with Crippen LogP contribution in [0.4, 0.5) is 22.0 Å². The summed E-state index contributed by atoms with van der Waals surface area (Å²) >= 11 is 6.23. The number of rotatable bonds is 5. The van der Waals surface area contributed by atoms with Crippen molar-refractivity contribution in [1.29, 1.82) is 0 Å². The highest BCUT2D eigenvalue weighted by Crippen LogP contribution is 2.31. The predicted molar refractivity (Wildman–Crippen MR) is 104 cm³/mol. The van der Waals surface area contributed by atoms with Gasteiger partial charge in [0.15, 0.2) is 0 Å². The highest BCUT2D eigenvalue weighted by molar-refractivity contribution is 6.33. The molecular formula is C18H20ClN5O3. The summed E-state index contributed by atoms with van der Waals surface area (Å²) < 4.78 is 0. The van der Waals surface area contributed by atoms with Gasteiger partial charge in [-0.2, -0.15) is 0 Å². The third kappa shape index (κ3) is 4.85. The van der Waals surface area contributed by atoms with Gasteiger partial charge in [0.25, 0.3) is 5.69 Å². The van der Waals surface area contributed by atoms with Crippen LogP contribution in [-0.4, -0.2) is 35.1 Å². The van der Waals surface area contributed by atoms with Crippen LogP contribution in [0, 0.1) is 10.1 Å². The molecule has 0 saturated carbocycles. The van der Waals surface area contributed by atoms with Crippen LogP contribution in [0.3, 0.4) is 0 Å². The van der Waals surface area contributed by atoms with Crippen LogP contribution < -0.4 is 15.5 Å². The van der Waals surface area contributed by atoms with Crippen molar-refractivity contribution < 1.29 is 9.72 Å². The highest BCUT2D eigenvalue weighted by atomic mass is 35.5. The Morgan fingerprint density at radius 3 is 2.81 bits per heavy atom. The van der Waals surface area contributed by atoms with E-state index in [-0.39, 0.29) is 22.8 Å². The molecule has 8 nitrogen and oxygen atoms in total. The number of aromatic nitrogens is 1. The Balaban J connectivity index is 1.65. The fourth-order valence-electron chi connectivity index (χ4n) is 3.13. The smallest absolute Gasteiger partial charge is 0.319 e. The van der Waals surface area contributed by atoms with E-state index in [0.717, 1.165) is 31.5 Å². The molecule has 1 aliphatic heterocycles. The summed E-state index contributed by atoms with van der Waals surface area (Å²) in [7, 11) is 0. The number of amides is 2. The molecule has 1 aliphatic rings. The number of pyridine rings is 1. The number of benzene rings is 1. The maximum absolute atomic E-state index is 12.1. The molecule has 2 amide bonds. The maximum atomic E-state index is 12.1. The van der Waals surface area contributed by atoms with Crippen molar-refractivity contribution in [3.05, 3.63) is 57.7 Å². The van der Waals surface area contributed by atoms with Gasteiger partial charge in [0.05, 0.1) is 9.95 Å². The lowest BCUT2D eigenvalue weighted by atomic mass is 10.0. The Bertz CT molecular complexity index is 818. The number of nitrogens with zero attached hydrogens (tertiary/aromatic N) is 3. The molecule has 9 heteroatoms. The number of nitrogens with one attached hydrogen (secondary N) is 2. The number of anilines is 2. The second-order valence-corrected chi connectivity index (χ2v) is 6.71. The summed E-state index contributed by atoms with van der Waals surface area (Å²) in [5.41, 5.74) is 0.577. The van der Waals surface area contributed by atoms with Gasteiger partial charge in [0, 0.05) is 30.9 Å². The molecule has 1 atom stereocenters. The third-order valence-corrected chi connectivity index (χ3v) is 4.73. The lowest BCUT2D eigenvalue weighted by molar-refractivity contribution is -0.385. The molecule has 0 radical (unpaired) electrons. The van der Waals surface area contributed by atoms with Crippen molar-refractivity contribution in [3.63, 3.8) is 0 Å². The lowest BCUT2D eigenvalue weighted by Crippen LogP contribution is -2.48. The molecule has 1 saturated heterocycles. The van der Waals surface area contributed by atoms with E-state index in [1.165, 1.54) is 12.3 Å². The van der Waals surface area contributed by atoms with Gasteiger partial charge < -0.3 is 15.5 Å². The monoisotopic (exact) mass is 389 g/mol. The first-order valence-corrected chi connectivity index (χ1v) is 9.09. The van der Waals surface area contributed by atoms with Crippen LogP contribution in [0.15, 0.2) is 42.6 Å². The first-order chi connectivity index (χ1) is 13.0. The van der Waals surface area contributed by atoms with Gasteiger partial charge in [0.2, 0.25) is 0 Å². The van der Waals surface area contributed by atoms with Gasteiger partial charge in [-0.25, -0.2) is 9.78 Å². The number of nitro groups is 1. The Labute approximate surface area is 161 Å². The first-order valence-electron chi connectivity index (χ1n) is 8.71. The Hall–Kier alpha value is -2.87. The quantitative estimate of drug-likeness (QED) is 0.598. The van der Waals surface area contributed by atoms with E-state index in [2.05, 4.69) is 15.6 Å².